The minimum atomic E-state index is 0.670. The molecule has 0 aromatic carbocycles. The van der Waals surface area contributed by atoms with E-state index in [2.05, 4.69) is 31.7 Å². The molecule has 0 amide bonds. The lowest BCUT2D eigenvalue weighted by atomic mass is 9.89. The summed E-state index contributed by atoms with van der Waals surface area (Å²) in [4.78, 5) is 25.5. The fraction of sp³-hybridized carbons (Fsp3) is 0.524. The molecule has 29 heavy (non-hydrogen) atoms. The summed E-state index contributed by atoms with van der Waals surface area (Å²) in [5, 5.41) is 1.12. The van der Waals surface area contributed by atoms with Crippen LogP contribution in [0.4, 0.5) is 11.8 Å². The van der Waals surface area contributed by atoms with E-state index in [4.69, 9.17) is 10.7 Å². The first-order valence-corrected chi connectivity index (χ1v) is 11.3. The molecule has 3 aromatic rings. The van der Waals surface area contributed by atoms with Crippen molar-refractivity contribution in [1.29, 1.82) is 0 Å². The van der Waals surface area contributed by atoms with Crippen LogP contribution >= 0.6 is 11.3 Å². The van der Waals surface area contributed by atoms with Gasteiger partial charge >= 0.3 is 0 Å². The molecular weight excluding hydrogens is 382 g/mol. The van der Waals surface area contributed by atoms with E-state index < -0.39 is 0 Å². The average Bonchev–Trinajstić information content (AvgIpc) is 3.11. The maximum absolute atomic E-state index is 6.37. The van der Waals surface area contributed by atoms with Gasteiger partial charge in [0.2, 0.25) is 5.95 Å². The topological polar surface area (TPSA) is 84.1 Å². The van der Waals surface area contributed by atoms with Crippen LogP contribution < -0.4 is 10.6 Å². The number of hydrogen-bond acceptors (Lipinski definition) is 8. The summed E-state index contributed by atoms with van der Waals surface area (Å²) in [6.07, 6.45) is 7.94. The van der Waals surface area contributed by atoms with Crippen molar-refractivity contribution in [3.63, 3.8) is 0 Å². The fourth-order valence-corrected chi connectivity index (χ4v) is 5.82. The van der Waals surface area contributed by atoms with Gasteiger partial charge in [0.25, 0.3) is 0 Å². The minimum absolute atomic E-state index is 0.670. The molecular formula is C21H27N7S. The summed E-state index contributed by atoms with van der Waals surface area (Å²) in [6.45, 7) is 7.18. The summed E-state index contributed by atoms with van der Waals surface area (Å²) in [5.74, 6) is 3.12. The van der Waals surface area contributed by atoms with E-state index in [1.165, 1.54) is 16.9 Å². The number of aromatic nitrogens is 4. The van der Waals surface area contributed by atoms with E-state index in [1.54, 1.807) is 12.4 Å². The molecule has 5 rings (SSSR count). The fourth-order valence-electron chi connectivity index (χ4n) is 4.41. The van der Waals surface area contributed by atoms with Crippen LogP contribution in [0.3, 0.4) is 0 Å². The van der Waals surface area contributed by atoms with Crippen molar-refractivity contribution in [2.45, 2.75) is 32.6 Å². The zero-order valence-electron chi connectivity index (χ0n) is 16.8. The van der Waals surface area contributed by atoms with Crippen molar-refractivity contribution in [1.82, 2.24) is 24.8 Å². The number of nitrogen functional groups attached to an aromatic ring is 1. The lowest BCUT2D eigenvalue weighted by Gasteiger charge is -2.34. The number of aryl methyl sites for hydroxylation is 1. The van der Waals surface area contributed by atoms with Gasteiger partial charge in [0.1, 0.15) is 16.5 Å². The van der Waals surface area contributed by atoms with Gasteiger partial charge in [-0.15, -0.1) is 11.3 Å². The Kier molecular flexibility index (Phi) is 5.05. The number of anilines is 2. The molecule has 2 N–H and O–H groups in total. The van der Waals surface area contributed by atoms with Gasteiger partial charge in [-0.1, -0.05) is 6.92 Å². The normalized spacial score (nSPS) is 20.2. The summed E-state index contributed by atoms with van der Waals surface area (Å²) >= 11 is 1.83. The van der Waals surface area contributed by atoms with Crippen molar-refractivity contribution in [2.75, 3.05) is 43.4 Å². The Bertz CT molecular complexity index is 995. The van der Waals surface area contributed by atoms with Crippen molar-refractivity contribution < 1.29 is 0 Å². The maximum Gasteiger partial charge on any atom is 0.225 e. The molecule has 152 valence electrons. The molecule has 0 saturated carbocycles. The maximum atomic E-state index is 6.37. The number of nitrogens with two attached hydrogens (primary N) is 1. The summed E-state index contributed by atoms with van der Waals surface area (Å²) in [6, 6.07) is 1.85. The van der Waals surface area contributed by atoms with Crippen LogP contribution in [0.5, 0.6) is 0 Å². The lowest BCUT2D eigenvalue weighted by molar-refractivity contribution is 0.258. The zero-order valence-corrected chi connectivity index (χ0v) is 17.7. The van der Waals surface area contributed by atoms with Crippen molar-refractivity contribution in [3.05, 3.63) is 34.7 Å². The van der Waals surface area contributed by atoms with Crippen LogP contribution in [-0.4, -0.2) is 57.6 Å². The first-order chi connectivity index (χ1) is 14.2. The molecule has 0 radical (unpaired) electrons. The van der Waals surface area contributed by atoms with Crippen LogP contribution in [-0.2, 0) is 19.3 Å². The summed E-state index contributed by atoms with van der Waals surface area (Å²) in [7, 11) is 0. The molecule has 0 bridgehead atoms. The SMILES string of the molecule is C[C@@H]1CCc2c(sc3nc(CCN4CCN(c5ncccn5)CC4)nc(N)c23)C1. The van der Waals surface area contributed by atoms with Crippen LogP contribution in [0, 0.1) is 5.92 Å². The molecule has 1 aliphatic heterocycles. The number of piperazine rings is 1. The highest BCUT2D eigenvalue weighted by Gasteiger charge is 2.24. The smallest absolute Gasteiger partial charge is 0.225 e. The van der Waals surface area contributed by atoms with E-state index in [0.29, 0.717) is 5.82 Å². The van der Waals surface area contributed by atoms with Crippen molar-refractivity contribution in [2.24, 2.45) is 5.92 Å². The first-order valence-electron chi connectivity index (χ1n) is 10.5. The van der Waals surface area contributed by atoms with Crippen LogP contribution in [0.15, 0.2) is 18.5 Å². The molecule has 2 aliphatic rings. The lowest BCUT2D eigenvalue weighted by Crippen LogP contribution is -2.47. The van der Waals surface area contributed by atoms with Gasteiger partial charge in [-0.2, -0.15) is 0 Å². The van der Waals surface area contributed by atoms with Gasteiger partial charge in [-0.05, 0) is 36.8 Å². The third-order valence-corrected chi connectivity index (χ3v) is 7.24. The van der Waals surface area contributed by atoms with Gasteiger partial charge < -0.3 is 10.6 Å². The van der Waals surface area contributed by atoms with E-state index >= 15 is 0 Å². The van der Waals surface area contributed by atoms with Gasteiger partial charge in [0.15, 0.2) is 0 Å². The second kappa shape index (κ2) is 7.84. The van der Waals surface area contributed by atoms with Crippen molar-refractivity contribution in [3.8, 4) is 0 Å². The number of thiophene rings is 1. The van der Waals surface area contributed by atoms with Gasteiger partial charge in [0, 0.05) is 56.4 Å². The predicted octanol–water partition coefficient (Wildman–Crippen LogP) is 2.55. The number of rotatable bonds is 4. The Morgan fingerprint density at radius 2 is 1.93 bits per heavy atom. The Morgan fingerprint density at radius 3 is 2.72 bits per heavy atom. The highest BCUT2D eigenvalue weighted by molar-refractivity contribution is 7.19. The molecule has 0 spiro atoms. The molecule has 3 aromatic heterocycles. The Hall–Kier alpha value is -2.32. The van der Waals surface area contributed by atoms with E-state index in [1.807, 2.05) is 17.4 Å². The molecule has 4 heterocycles. The zero-order chi connectivity index (χ0) is 19.8. The molecule has 1 aliphatic carbocycles. The molecule has 0 unspecified atom stereocenters. The van der Waals surface area contributed by atoms with Gasteiger partial charge in [0.05, 0.1) is 5.39 Å². The second-order valence-corrected chi connectivity index (χ2v) is 9.27. The monoisotopic (exact) mass is 409 g/mol. The number of nitrogens with zero attached hydrogens (tertiary/aromatic N) is 6. The number of fused-ring (bicyclic) bond motifs is 3. The van der Waals surface area contributed by atoms with E-state index in [0.717, 1.165) is 79.9 Å². The standard InChI is InChI=1S/C21H27N7S/c1-14-3-4-15-16(13-14)29-20-18(15)19(22)25-17(26-20)5-8-27-9-11-28(12-10-27)21-23-6-2-7-24-21/h2,6-7,14H,3-5,8-13H2,1H3,(H2,22,25,26)/t14-/m1/s1. The highest BCUT2D eigenvalue weighted by Crippen LogP contribution is 2.39. The van der Waals surface area contributed by atoms with E-state index in [-0.39, 0.29) is 0 Å². The Morgan fingerprint density at radius 1 is 1.14 bits per heavy atom. The van der Waals surface area contributed by atoms with Gasteiger partial charge in [-0.3, -0.25) is 4.90 Å². The summed E-state index contributed by atoms with van der Waals surface area (Å²) < 4.78 is 0. The molecule has 7 nitrogen and oxygen atoms in total. The van der Waals surface area contributed by atoms with Gasteiger partial charge in [-0.25, -0.2) is 19.9 Å². The summed E-state index contributed by atoms with van der Waals surface area (Å²) in [5.41, 5.74) is 7.78. The molecule has 1 atom stereocenters. The predicted molar refractivity (Wildman–Crippen MR) is 117 cm³/mol. The average molecular weight is 410 g/mol. The van der Waals surface area contributed by atoms with E-state index in [9.17, 15) is 0 Å². The Balaban J connectivity index is 1.24. The quantitative estimate of drug-likeness (QED) is 0.709. The Labute approximate surface area is 175 Å². The second-order valence-electron chi connectivity index (χ2n) is 8.18. The largest absolute Gasteiger partial charge is 0.383 e. The van der Waals surface area contributed by atoms with Crippen molar-refractivity contribution >= 4 is 33.3 Å². The first kappa shape index (κ1) is 18.7. The minimum Gasteiger partial charge on any atom is -0.383 e. The third-order valence-electron chi connectivity index (χ3n) is 6.09. The van der Waals surface area contributed by atoms with Crippen LogP contribution in [0.1, 0.15) is 29.6 Å². The molecule has 1 fully saturated rings. The number of hydrogen-bond donors (Lipinski definition) is 1. The highest BCUT2D eigenvalue weighted by atomic mass is 32.1. The van der Waals surface area contributed by atoms with Crippen LogP contribution in [0.2, 0.25) is 0 Å². The van der Waals surface area contributed by atoms with Crippen LogP contribution in [0.25, 0.3) is 10.2 Å². The molecule has 8 heteroatoms. The third kappa shape index (κ3) is 3.79. The molecule has 1 saturated heterocycles.